The molecule has 0 unspecified atom stereocenters. The van der Waals surface area contributed by atoms with Crippen LogP contribution in [-0.4, -0.2) is 12.0 Å². The Morgan fingerprint density at radius 3 is 2.57 bits per heavy atom. The van der Waals surface area contributed by atoms with Crippen molar-refractivity contribution in [2.24, 2.45) is 0 Å². The van der Waals surface area contributed by atoms with Crippen molar-refractivity contribution in [3.8, 4) is 0 Å². The molecule has 0 radical (unpaired) electrons. The van der Waals surface area contributed by atoms with Gasteiger partial charge in [0.25, 0.3) is 0 Å². The van der Waals surface area contributed by atoms with Crippen LogP contribution in [-0.2, 0) is 4.79 Å². The van der Waals surface area contributed by atoms with Gasteiger partial charge in [-0.15, -0.1) is 0 Å². The Labute approximate surface area is 109 Å². The van der Waals surface area contributed by atoms with E-state index in [0.29, 0.717) is 5.02 Å². The predicted octanol–water partition coefficient (Wildman–Crippen LogP) is -2.89. The van der Waals surface area contributed by atoms with E-state index in [0.717, 1.165) is 5.56 Å². The van der Waals surface area contributed by atoms with Crippen LogP contribution in [0.25, 0.3) is 0 Å². The Kier molecular flexibility index (Phi) is 3.98. The van der Waals surface area contributed by atoms with Crippen molar-refractivity contribution in [1.82, 2.24) is 5.32 Å². The van der Waals surface area contributed by atoms with E-state index in [4.69, 9.17) is 11.6 Å². The molecule has 0 aromatic heterocycles. The van der Waals surface area contributed by atoms with Gasteiger partial charge in [0.05, 0.1) is 18.1 Å². The van der Waals surface area contributed by atoms with E-state index >= 15 is 0 Å². The van der Waals surface area contributed by atoms with Crippen LogP contribution in [0.4, 0.5) is 0 Å². The number of carboxylic acid groups (broad SMARTS) is 1. The molecule has 1 N–H and O–H groups in total. The Morgan fingerprint density at radius 1 is 1.43 bits per heavy atom. The van der Waals surface area contributed by atoms with Crippen LogP contribution >= 0.6 is 11.6 Å². The average molecular weight is 220 g/mol. The molecule has 2 rings (SSSR count). The minimum atomic E-state index is -1.08. The van der Waals surface area contributed by atoms with Crippen LogP contribution in [0.5, 0.6) is 0 Å². The summed E-state index contributed by atoms with van der Waals surface area (Å²) in [6.45, 7) is 0. The molecule has 5 heteroatoms. The molecule has 0 amide bonds. The molecule has 1 aliphatic heterocycles. The molecule has 0 bridgehead atoms. The molecule has 0 aliphatic carbocycles. The summed E-state index contributed by atoms with van der Waals surface area (Å²) < 4.78 is 0. The molecule has 1 aromatic carbocycles. The van der Waals surface area contributed by atoms with Crippen molar-refractivity contribution in [2.75, 3.05) is 0 Å². The summed E-state index contributed by atoms with van der Waals surface area (Å²) in [5.41, 5.74) is 0.818. The predicted molar refractivity (Wildman–Crippen MR) is 46.1 cm³/mol. The smallest absolute Gasteiger partial charge is 0.548 e. The quantitative estimate of drug-likeness (QED) is 0.429. The number of carboxylic acids is 1. The molecular formula is C9H7ClNNaO2. The average Bonchev–Trinajstić information content (AvgIpc) is 2.84. The molecule has 0 spiro atoms. The number of hydrogen-bond acceptors (Lipinski definition) is 3. The topological polar surface area (TPSA) is 62.1 Å². The van der Waals surface area contributed by atoms with E-state index in [1.165, 1.54) is 0 Å². The van der Waals surface area contributed by atoms with Crippen LogP contribution in [0.1, 0.15) is 11.6 Å². The number of rotatable bonds is 2. The third kappa shape index (κ3) is 2.30. The Bertz CT molecular complexity index is 358. The molecule has 68 valence electrons. The molecule has 2 atom stereocenters. The fourth-order valence-electron chi connectivity index (χ4n) is 1.34. The van der Waals surface area contributed by atoms with Gasteiger partial charge in [-0.1, -0.05) is 29.8 Å². The van der Waals surface area contributed by atoms with Crippen LogP contribution in [0.2, 0.25) is 5.02 Å². The maximum atomic E-state index is 10.4. The Morgan fingerprint density at radius 2 is 2.07 bits per heavy atom. The maximum Gasteiger partial charge on any atom is 1.00 e. The molecule has 3 nitrogen and oxygen atoms in total. The minimum Gasteiger partial charge on any atom is -0.548 e. The molecule has 1 heterocycles. The number of carbonyl (C=O) groups is 1. The van der Waals surface area contributed by atoms with Crippen LogP contribution in [0.3, 0.4) is 0 Å². The van der Waals surface area contributed by atoms with Gasteiger partial charge in [-0.05, 0) is 11.6 Å². The third-order valence-corrected chi connectivity index (χ3v) is 2.42. The number of carbonyl (C=O) groups excluding carboxylic acids is 1. The summed E-state index contributed by atoms with van der Waals surface area (Å²) in [6.07, 6.45) is 0. The van der Waals surface area contributed by atoms with Crippen molar-refractivity contribution < 1.29 is 39.5 Å². The number of aliphatic carboxylic acids is 1. The van der Waals surface area contributed by atoms with Gasteiger partial charge in [-0.25, -0.2) is 0 Å². The van der Waals surface area contributed by atoms with Crippen molar-refractivity contribution in [2.45, 2.75) is 12.1 Å². The Hall–Kier alpha value is -0.0600. The van der Waals surface area contributed by atoms with Gasteiger partial charge in [0, 0.05) is 5.02 Å². The van der Waals surface area contributed by atoms with Gasteiger partial charge in [-0.2, -0.15) is 0 Å². The summed E-state index contributed by atoms with van der Waals surface area (Å²) in [6, 6.07) is 6.42. The first-order valence-electron chi connectivity index (χ1n) is 3.91. The van der Waals surface area contributed by atoms with Gasteiger partial charge in [0.15, 0.2) is 0 Å². The molecule has 1 aliphatic rings. The maximum absolute atomic E-state index is 10.4. The number of hydrogen-bond donors (Lipinski definition) is 1. The van der Waals surface area contributed by atoms with E-state index in [9.17, 15) is 9.90 Å². The zero-order valence-electron chi connectivity index (χ0n) is 7.66. The summed E-state index contributed by atoms with van der Waals surface area (Å²) in [4.78, 5) is 10.4. The van der Waals surface area contributed by atoms with Gasteiger partial charge in [-0.3, -0.25) is 5.32 Å². The van der Waals surface area contributed by atoms with E-state index in [2.05, 4.69) is 5.32 Å². The monoisotopic (exact) mass is 219 g/mol. The van der Waals surface area contributed by atoms with Crippen molar-refractivity contribution in [1.29, 1.82) is 0 Å². The fourth-order valence-corrected chi connectivity index (χ4v) is 1.59. The first-order valence-corrected chi connectivity index (χ1v) is 4.29. The molecule has 1 aromatic rings. The van der Waals surface area contributed by atoms with Gasteiger partial charge < -0.3 is 9.90 Å². The number of halogens is 1. The first kappa shape index (κ1) is 12.0. The third-order valence-electron chi connectivity index (χ3n) is 2.08. The summed E-state index contributed by atoms with van der Waals surface area (Å²) >= 11 is 5.88. The zero-order chi connectivity index (χ0) is 9.42. The first-order chi connectivity index (χ1) is 6.20. The summed E-state index contributed by atoms with van der Waals surface area (Å²) in [5.74, 6) is -1.08. The van der Waals surface area contributed by atoms with E-state index in [1.807, 2.05) is 18.2 Å². The molecular weight excluding hydrogens is 213 g/mol. The van der Waals surface area contributed by atoms with Crippen molar-refractivity contribution in [3.63, 3.8) is 0 Å². The fraction of sp³-hybridized carbons (Fsp3) is 0.222. The molecule has 0 saturated carbocycles. The second kappa shape index (κ2) is 4.64. The number of benzene rings is 1. The standard InChI is InChI=1S/C9H8ClNO2.Na/c10-6-4-2-1-3-5(6)7-8(11-7)9(12)13;/h1-4,7-8,11H,(H,12,13);/q;+1/p-1/t7-,8+;/m1./s1. The van der Waals surface area contributed by atoms with Crippen LogP contribution in [0.15, 0.2) is 24.3 Å². The largest absolute Gasteiger partial charge is 1.00 e. The van der Waals surface area contributed by atoms with Crippen molar-refractivity contribution in [3.05, 3.63) is 34.9 Å². The molecule has 1 fully saturated rings. The second-order valence-electron chi connectivity index (χ2n) is 2.96. The van der Waals surface area contributed by atoms with E-state index in [1.54, 1.807) is 6.07 Å². The van der Waals surface area contributed by atoms with E-state index in [-0.39, 0.29) is 35.6 Å². The number of nitrogens with one attached hydrogen (secondary N) is 1. The second-order valence-corrected chi connectivity index (χ2v) is 3.37. The zero-order valence-corrected chi connectivity index (χ0v) is 10.4. The van der Waals surface area contributed by atoms with Crippen molar-refractivity contribution >= 4 is 17.6 Å². The Balaban J connectivity index is 0.000000980. The van der Waals surface area contributed by atoms with Gasteiger partial charge >= 0.3 is 29.6 Å². The molecule has 1 saturated heterocycles. The summed E-state index contributed by atoms with van der Waals surface area (Å²) in [5, 5.41) is 13.8. The normalized spacial score (nSPS) is 23.8. The van der Waals surface area contributed by atoms with Gasteiger partial charge in [0.2, 0.25) is 0 Å². The summed E-state index contributed by atoms with van der Waals surface area (Å²) in [7, 11) is 0. The minimum absolute atomic E-state index is 0. The molecule has 14 heavy (non-hydrogen) atoms. The SMILES string of the molecule is O=C([O-])[C@H]1N[C@@H]1c1ccccc1Cl.[Na+]. The van der Waals surface area contributed by atoms with Crippen LogP contribution < -0.4 is 40.0 Å². The van der Waals surface area contributed by atoms with Crippen LogP contribution in [0, 0.1) is 0 Å². The van der Waals surface area contributed by atoms with Gasteiger partial charge in [0.1, 0.15) is 0 Å². The van der Waals surface area contributed by atoms with E-state index < -0.39 is 12.0 Å².